The van der Waals surface area contributed by atoms with Gasteiger partial charge in [-0.1, -0.05) is 96.5 Å². The lowest BCUT2D eigenvalue weighted by Crippen LogP contribution is -2.48. The molecule has 39 heavy (non-hydrogen) atoms. The monoisotopic (exact) mass is 533 g/mol. The van der Waals surface area contributed by atoms with Gasteiger partial charge in [0, 0.05) is 38.9 Å². The largest absolute Gasteiger partial charge is 0.352 e. The summed E-state index contributed by atoms with van der Waals surface area (Å²) >= 11 is 6.79. The van der Waals surface area contributed by atoms with Crippen molar-refractivity contribution in [1.82, 2.24) is 0 Å². The predicted octanol–water partition coefficient (Wildman–Crippen LogP) is 6.80. The van der Waals surface area contributed by atoms with E-state index in [1.807, 2.05) is 11.0 Å². The van der Waals surface area contributed by atoms with Crippen LogP contribution in [-0.2, 0) is 0 Å². The molecule has 1 fully saturated rings. The fourth-order valence-corrected chi connectivity index (χ4v) is 7.04. The average molecular weight is 534 g/mol. The van der Waals surface area contributed by atoms with Gasteiger partial charge in [0.15, 0.2) is 17.3 Å². The molecule has 1 saturated heterocycles. The standard InChI is InChI=1S/C33H21ClFNO3/c34-25-13-7-6-12-24(25)28-29(30(37)19-8-2-1-3-9-19)36-26-16-15-21(35)18-20(26)14-17-27(36)33(28)31(38)22-10-4-5-11-23(22)32(33)39/h1-18,27-29H/t27-,28-,29-/m0/s1. The van der Waals surface area contributed by atoms with E-state index < -0.39 is 29.2 Å². The number of halogens is 2. The summed E-state index contributed by atoms with van der Waals surface area (Å²) in [6, 6.07) is 25.3. The molecule has 0 saturated carbocycles. The Hall–Kier alpha value is -4.35. The van der Waals surface area contributed by atoms with Gasteiger partial charge < -0.3 is 4.90 Å². The van der Waals surface area contributed by atoms with Crippen LogP contribution < -0.4 is 4.90 Å². The van der Waals surface area contributed by atoms with Crippen LogP contribution in [-0.4, -0.2) is 29.4 Å². The molecule has 3 atom stereocenters. The molecule has 0 amide bonds. The quantitative estimate of drug-likeness (QED) is 0.215. The highest BCUT2D eigenvalue weighted by Gasteiger charge is 2.71. The van der Waals surface area contributed by atoms with Crippen molar-refractivity contribution in [3.63, 3.8) is 0 Å². The first-order valence-corrected chi connectivity index (χ1v) is 13.1. The number of anilines is 1. The molecule has 0 bridgehead atoms. The number of carbonyl (C=O) groups excluding carboxylic acids is 3. The van der Waals surface area contributed by atoms with E-state index in [1.165, 1.54) is 12.1 Å². The second-order valence-corrected chi connectivity index (χ2v) is 10.6. The van der Waals surface area contributed by atoms with Crippen LogP contribution in [0.4, 0.5) is 10.1 Å². The molecule has 4 aromatic rings. The van der Waals surface area contributed by atoms with E-state index in [1.54, 1.807) is 91.0 Å². The molecule has 2 heterocycles. The van der Waals surface area contributed by atoms with E-state index in [-0.39, 0.29) is 17.3 Å². The first-order chi connectivity index (χ1) is 18.9. The number of rotatable bonds is 3. The van der Waals surface area contributed by atoms with Crippen LogP contribution in [0.1, 0.15) is 48.1 Å². The summed E-state index contributed by atoms with van der Waals surface area (Å²) in [5, 5.41) is 0.368. The van der Waals surface area contributed by atoms with Crippen molar-refractivity contribution in [1.29, 1.82) is 0 Å². The third kappa shape index (κ3) is 3.14. The molecular formula is C33H21ClFNO3. The second kappa shape index (κ2) is 8.58. The number of hydrogen-bond acceptors (Lipinski definition) is 4. The Bertz CT molecular complexity index is 1700. The summed E-state index contributed by atoms with van der Waals surface area (Å²) in [7, 11) is 0. The number of fused-ring (bicyclic) bond motifs is 5. The molecule has 0 aromatic heterocycles. The van der Waals surface area contributed by atoms with Crippen molar-refractivity contribution in [2.75, 3.05) is 4.90 Å². The lowest BCUT2D eigenvalue weighted by atomic mass is 9.64. The number of Topliss-reactive ketones (excluding diaryl/α,β-unsaturated/α-hetero) is 3. The zero-order chi connectivity index (χ0) is 26.9. The summed E-state index contributed by atoms with van der Waals surface area (Å²) in [4.78, 5) is 45.5. The summed E-state index contributed by atoms with van der Waals surface area (Å²) in [6.45, 7) is 0. The van der Waals surface area contributed by atoms with Crippen LogP contribution in [0.25, 0.3) is 6.08 Å². The minimum atomic E-state index is -1.65. The van der Waals surface area contributed by atoms with Gasteiger partial charge in [0.1, 0.15) is 17.3 Å². The minimum absolute atomic E-state index is 0.246. The zero-order valence-corrected chi connectivity index (χ0v) is 21.3. The first-order valence-electron chi connectivity index (χ1n) is 12.7. The SMILES string of the molecule is O=C(c1ccccc1)[C@@H]1[C@H](c2ccccc2Cl)C2(C(=O)c3ccccc3C2=O)[C@@H]2C=Cc3cc(F)ccc3N12. The van der Waals surface area contributed by atoms with Crippen LogP contribution in [0.2, 0.25) is 5.02 Å². The molecule has 190 valence electrons. The predicted molar refractivity (Wildman–Crippen MR) is 148 cm³/mol. The number of benzene rings is 4. The van der Waals surface area contributed by atoms with Crippen LogP contribution in [0, 0.1) is 11.2 Å². The van der Waals surface area contributed by atoms with E-state index in [0.29, 0.717) is 38.5 Å². The van der Waals surface area contributed by atoms with Crippen molar-refractivity contribution in [3.8, 4) is 0 Å². The topological polar surface area (TPSA) is 54.5 Å². The average Bonchev–Trinajstić information content (AvgIpc) is 3.39. The van der Waals surface area contributed by atoms with E-state index >= 15 is 0 Å². The molecule has 7 rings (SSSR count). The Kier molecular flexibility index (Phi) is 5.23. The molecule has 3 aliphatic rings. The van der Waals surface area contributed by atoms with Gasteiger partial charge in [0.25, 0.3) is 0 Å². The summed E-state index contributed by atoms with van der Waals surface area (Å²) < 4.78 is 14.3. The molecule has 1 spiro atoms. The van der Waals surface area contributed by atoms with Crippen molar-refractivity contribution in [2.45, 2.75) is 18.0 Å². The first kappa shape index (κ1) is 23.7. The lowest BCUT2D eigenvalue weighted by molar-refractivity contribution is 0.0666. The molecule has 4 aromatic carbocycles. The number of carbonyl (C=O) groups is 3. The van der Waals surface area contributed by atoms with Crippen LogP contribution in [0.5, 0.6) is 0 Å². The lowest BCUT2D eigenvalue weighted by Gasteiger charge is -2.37. The number of hydrogen-bond donors (Lipinski definition) is 0. The van der Waals surface area contributed by atoms with E-state index in [2.05, 4.69) is 0 Å². The maximum absolute atomic E-state index is 14.6. The van der Waals surface area contributed by atoms with Crippen molar-refractivity contribution in [3.05, 3.63) is 142 Å². The molecule has 0 N–H and O–H groups in total. The third-order valence-corrected chi connectivity index (χ3v) is 8.68. The minimum Gasteiger partial charge on any atom is -0.352 e. The van der Waals surface area contributed by atoms with Crippen molar-refractivity contribution < 1.29 is 18.8 Å². The third-order valence-electron chi connectivity index (χ3n) is 8.33. The Morgan fingerprint density at radius 3 is 2.15 bits per heavy atom. The molecule has 2 aliphatic heterocycles. The van der Waals surface area contributed by atoms with Crippen LogP contribution in [0.3, 0.4) is 0 Å². The fourth-order valence-electron chi connectivity index (χ4n) is 6.79. The zero-order valence-electron chi connectivity index (χ0n) is 20.6. The smallest absolute Gasteiger partial charge is 0.185 e. The maximum Gasteiger partial charge on any atom is 0.185 e. The van der Waals surface area contributed by atoms with Crippen molar-refractivity contribution in [2.24, 2.45) is 5.41 Å². The van der Waals surface area contributed by atoms with Gasteiger partial charge in [0.2, 0.25) is 0 Å². The number of nitrogens with zero attached hydrogens (tertiary/aromatic N) is 1. The summed E-state index contributed by atoms with van der Waals surface area (Å²) in [5.74, 6) is -2.23. The fraction of sp³-hybridized carbons (Fsp3) is 0.121. The molecule has 0 radical (unpaired) electrons. The van der Waals surface area contributed by atoms with E-state index in [4.69, 9.17) is 11.6 Å². The van der Waals surface area contributed by atoms with Gasteiger partial charge in [0.05, 0.1) is 6.04 Å². The Morgan fingerprint density at radius 2 is 1.46 bits per heavy atom. The highest BCUT2D eigenvalue weighted by Crippen LogP contribution is 2.61. The number of ketones is 3. The van der Waals surface area contributed by atoms with Gasteiger partial charge in [-0.3, -0.25) is 14.4 Å². The van der Waals surface area contributed by atoms with Crippen molar-refractivity contribution >= 4 is 40.7 Å². The summed E-state index contributed by atoms with van der Waals surface area (Å²) in [5.41, 5.74) is 1.19. The Labute approximate surface area is 229 Å². The van der Waals surface area contributed by atoms with Gasteiger partial charge >= 0.3 is 0 Å². The normalized spacial score (nSPS) is 22.1. The molecule has 4 nitrogen and oxygen atoms in total. The maximum atomic E-state index is 14.6. The van der Waals surface area contributed by atoms with E-state index in [0.717, 1.165) is 0 Å². The van der Waals surface area contributed by atoms with Crippen LogP contribution >= 0.6 is 11.6 Å². The van der Waals surface area contributed by atoms with Gasteiger partial charge in [-0.2, -0.15) is 0 Å². The van der Waals surface area contributed by atoms with Gasteiger partial charge in [-0.25, -0.2) is 4.39 Å². The van der Waals surface area contributed by atoms with E-state index in [9.17, 15) is 18.8 Å². The Balaban J connectivity index is 1.57. The van der Waals surface area contributed by atoms with Gasteiger partial charge in [-0.05, 0) is 29.8 Å². The molecular weight excluding hydrogens is 513 g/mol. The highest BCUT2D eigenvalue weighted by molar-refractivity contribution is 6.34. The Morgan fingerprint density at radius 1 is 0.821 bits per heavy atom. The second-order valence-electron chi connectivity index (χ2n) is 10.2. The van der Waals surface area contributed by atoms with Crippen LogP contribution in [0.15, 0.2) is 103 Å². The van der Waals surface area contributed by atoms with Gasteiger partial charge in [-0.15, -0.1) is 0 Å². The molecule has 6 heteroatoms. The summed E-state index contributed by atoms with van der Waals surface area (Å²) in [6.07, 6.45) is 3.51. The molecule has 1 aliphatic carbocycles. The highest BCUT2D eigenvalue weighted by atomic mass is 35.5. The molecule has 0 unspecified atom stereocenters.